The van der Waals surface area contributed by atoms with Gasteiger partial charge in [-0.1, -0.05) is 29.8 Å². The molecule has 2 rings (SSSR count). The maximum Gasteiger partial charge on any atom is 0.261 e. The Morgan fingerprint density at radius 2 is 2.00 bits per heavy atom. The van der Waals surface area contributed by atoms with E-state index in [1.165, 1.54) is 0 Å². The molecule has 0 spiro atoms. The fourth-order valence-electron chi connectivity index (χ4n) is 2.22. The number of aryl methyl sites for hydroxylation is 1. The van der Waals surface area contributed by atoms with E-state index in [0.29, 0.717) is 23.9 Å². The van der Waals surface area contributed by atoms with Gasteiger partial charge in [0.1, 0.15) is 11.5 Å². The molecule has 0 saturated heterocycles. The second kappa shape index (κ2) is 8.60. The molecule has 5 heteroatoms. The largest absolute Gasteiger partial charge is 0.494 e. The molecule has 0 aliphatic heterocycles. The lowest BCUT2D eigenvalue weighted by Crippen LogP contribution is -2.36. The fourth-order valence-corrected chi connectivity index (χ4v) is 2.34. The van der Waals surface area contributed by atoms with Gasteiger partial charge in [0.15, 0.2) is 6.10 Å². The molecule has 0 aromatic heterocycles. The van der Waals surface area contributed by atoms with E-state index in [9.17, 15) is 4.79 Å². The summed E-state index contributed by atoms with van der Waals surface area (Å²) in [5, 5.41) is 3.55. The minimum atomic E-state index is -0.607. The van der Waals surface area contributed by atoms with Gasteiger partial charge in [0.05, 0.1) is 6.61 Å². The van der Waals surface area contributed by atoms with E-state index in [4.69, 9.17) is 21.1 Å². The van der Waals surface area contributed by atoms with Crippen molar-refractivity contribution in [2.24, 2.45) is 0 Å². The quantitative estimate of drug-likeness (QED) is 0.819. The second-order valence-electron chi connectivity index (χ2n) is 5.43. The molecule has 1 unspecified atom stereocenters. The number of hydrogen-bond acceptors (Lipinski definition) is 3. The van der Waals surface area contributed by atoms with Gasteiger partial charge in [0.25, 0.3) is 5.91 Å². The third kappa shape index (κ3) is 4.90. The Hall–Kier alpha value is -2.20. The summed E-state index contributed by atoms with van der Waals surface area (Å²) in [7, 11) is 0. The van der Waals surface area contributed by atoms with Crippen molar-refractivity contribution in [2.75, 3.05) is 6.61 Å². The third-order valence-electron chi connectivity index (χ3n) is 3.54. The first kappa shape index (κ1) is 18.1. The van der Waals surface area contributed by atoms with Crippen molar-refractivity contribution >= 4 is 17.5 Å². The van der Waals surface area contributed by atoms with E-state index in [-0.39, 0.29) is 5.91 Å². The highest BCUT2D eigenvalue weighted by Crippen LogP contribution is 2.22. The highest BCUT2D eigenvalue weighted by Gasteiger charge is 2.15. The predicted molar refractivity (Wildman–Crippen MR) is 95.7 cm³/mol. The molecule has 0 aliphatic carbocycles. The van der Waals surface area contributed by atoms with Crippen molar-refractivity contribution in [3.05, 3.63) is 58.6 Å². The van der Waals surface area contributed by atoms with Crippen LogP contribution < -0.4 is 14.8 Å². The standard InChI is InChI=1S/C19H22ClNO3/c1-4-23-18-8-6-5-7-15(18)12-21-19(22)14(3)24-16-9-10-17(20)13(2)11-16/h5-11,14H,4,12H2,1-3H3,(H,21,22). The van der Waals surface area contributed by atoms with Crippen molar-refractivity contribution in [1.82, 2.24) is 5.32 Å². The van der Waals surface area contributed by atoms with Crippen LogP contribution in [-0.4, -0.2) is 18.6 Å². The summed E-state index contributed by atoms with van der Waals surface area (Å²) in [6.07, 6.45) is -0.607. The zero-order valence-corrected chi connectivity index (χ0v) is 14.9. The average Bonchev–Trinajstić information content (AvgIpc) is 2.57. The van der Waals surface area contributed by atoms with Crippen molar-refractivity contribution in [3.63, 3.8) is 0 Å². The Labute approximate surface area is 147 Å². The Balaban J connectivity index is 1.93. The number of rotatable bonds is 7. The van der Waals surface area contributed by atoms with Crippen LogP contribution in [0.2, 0.25) is 5.02 Å². The number of carbonyl (C=O) groups is 1. The van der Waals surface area contributed by atoms with Crippen LogP contribution in [0.3, 0.4) is 0 Å². The van der Waals surface area contributed by atoms with Crippen LogP contribution in [0.25, 0.3) is 0 Å². The molecule has 1 N–H and O–H groups in total. The molecule has 2 aromatic rings. The van der Waals surface area contributed by atoms with Gasteiger partial charge < -0.3 is 14.8 Å². The minimum absolute atomic E-state index is 0.186. The highest BCUT2D eigenvalue weighted by molar-refractivity contribution is 6.31. The molecule has 0 fully saturated rings. The van der Waals surface area contributed by atoms with E-state index in [1.807, 2.05) is 44.2 Å². The van der Waals surface area contributed by atoms with E-state index < -0.39 is 6.10 Å². The van der Waals surface area contributed by atoms with Gasteiger partial charge in [-0.05, 0) is 50.6 Å². The molecule has 0 heterocycles. The summed E-state index contributed by atoms with van der Waals surface area (Å²) in [5.41, 5.74) is 1.84. The molecule has 0 radical (unpaired) electrons. The van der Waals surface area contributed by atoms with Gasteiger partial charge in [-0.25, -0.2) is 0 Å². The predicted octanol–water partition coefficient (Wildman–Crippen LogP) is 4.13. The fraction of sp³-hybridized carbons (Fsp3) is 0.316. The van der Waals surface area contributed by atoms with Crippen LogP contribution in [0, 0.1) is 6.92 Å². The van der Waals surface area contributed by atoms with Crippen LogP contribution in [0.1, 0.15) is 25.0 Å². The zero-order valence-electron chi connectivity index (χ0n) is 14.1. The van der Waals surface area contributed by atoms with Crippen molar-refractivity contribution in [2.45, 2.75) is 33.4 Å². The first-order valence-corrected chi connectivity index (χ1v) is 8.30. The van der Waals surface area contributed by atoms with E-state index in [1.54, 1.807) is 19.1 Å². The van der Waals surface area contributed by atoms with Crippen molar-refractivity contribution < 1.29 is 14.3 Å². The van der Waals surface area contributed by atoms with Crippen LogP contribution in [0.5, 0.6) is 11.5 Å². The summed E-state index contributed by atoms with van der Waals surface area (Å²) in [5.74, 6) is 1.21. The molecular formula is C19H22ClNO3. The van der Waals surface area contributed by atoms with Crippen LogP contribution in [0.4, 0.5) is 0 Å². The molecule has 2 aromatic carbocycles. The maximum absolute atomic E-state index is 12.2. The lowest BCUT2D eigenvalue weighted by molar-refractivity contribution is -0.127. The number of hydrogen-bond donors (Lipinski definition) is 1. The number of benzene rings is 2. The number of para-hydroxylation sites is 1. The molecule has 0 bridgehead atoms. The summed E-state index contributed by atoms with van der Waals surface area (Å²) in [6, 6.07) is 13.0. The monoisotopic (exact) mass is 347 g/mol. The smallest absolute Gasteiger partial charge is 0.261 e. The SMILES string of the molecule is CCOc1ccccc1CNC(=O)C(C)Oc1ccc(Cl)c(C)c1. The molecule has 1 amide bonds. The van der Waals surface area contributed by atoms with Gasteiger partial charge >= 0.3 is 0 Å². The van der Waals surface area contributed by atoms with Gasteiger partial charge in [-0.15, -0.1) is 0 Å². The van der Waals surface area contributed by atoms with Gasteiger partial charge in [0.2, 0.25) is 0 Å². The van der Waals surface area contributed by atoms with Gasteiger partial charge in [-0.2, -0.15) is 0 Å². The maximum atomic E-state index is 12.2. The molecular weight excluding hydrogens is 326 g/mol. The number of halogens is 1. The van der Waals surface area contributed by atoms with Crippen LogP contribution in [-0.2, 0) is 11.3 Å². The molecule has 1 atom stereocenters. The summed E-state index contributed by atoms with van der Waals surface area (Å²) >= 11 is 5.99. The Morgan fingerprint density at radius 3 is 2.71 bits per heavy atom. The van der Waals surface area contributed by atoms with E-state index in [2.05, 4.69) is 5.32 Å². The van der Waals surface area contributed by atoms with Gasteiger partial charge in [0, 0.05) is 17.1 Å². The molecule has 4 nitrogen and oxygen atoms in total. The molecule has 24 heavy (non-hydrogen) atoms. The van der Waals surface area contributed by atoms with Crippen molar-refractivity contribution in [1.29, 1.82) is 0 Å². The molecule has 0 aliphatic rings. The Bertz CT molecular complexity index is 703. The summed E-state index contributed by atoms with van der Waals surface area (Å²) in [4.78, 5) is 12.2. The van der Waals surface area contributed by atoms with E-state index >= 15 is 0 Å². The number of carbonyl (C=O) groups excluding carboxylic acids is 1. The first-order valence-electron chi connectivity index (χ1n) is 7.92. The topological polar surface area (TPSA) is 47.6 Å². The number of nitrogens with one attached hydrogen (secondary N) is 1. The minimum Gasteiger partial charge on any atom is -0.494 e. The number of ether oxygens (including phenoxy) is 2. The lowest BCUT2D eigenvalue weighted by Gasteiger charge is -2.16. The zero-order chi connectivity index (χ0) is 17.5. The summed E-state index contributed by atoms with van der Waals surface area (Å²) in [6.45, 7) is 6.51. The number of amides is 1. The van der Waals surface area contributed by atoms with Crippen LogP contribution >= 0.6 is 11.6 Å². The van der Waals surface area contributed by atoms with E-state index in [0.717, 1.165) is 16.9 Å². The van der Waals surface area contributed by atoms with Crippen LogP contribution in [0.15, 0.2) is 42.5 Å². The van der Waals surface area contributed by atoms with Crippen molar-refractivity contribution in [3.8, 4) is 11.5 Å². The molecule has 128 valence electrons. The third-order valence-corrected chi connectivity index (χ3v) is 3.96. The first-order chi connectivity index (χ1) is 11.5. The second-order valence-corrected chi connectivity index (χ2v) is 5.84. The molecule has 0 saturated carbocycles. The summed E-state index contributed by atoms with van der Waals surface area (Å²) < 4.78 is 11.2. The van der Waals surface area contributed by atoms with Gasteiger partial charge in [-0.3, -0.25) is 4.79 Å². The lowest BCUT2D eigenvalue weighted by atomic mass is 10.2. The Kier molecular flexibility index (Phi) is 6.50. The Morgan fingerprint density at radius 1 is 1.25 bits per heavy atom. The highest BCUT2D eigenvalue weighted by atomic mass is 35.5. The average molecular weight is 348 g/mol. The normalized spacial score (nSPS) is 11.7.